The van der Waals surface area contributed by atoms with E-state index in [0.29, 0.717) is 17.1 Å². The zero-order chi connectivity index (χ0) is 14.7. The summed E-state index contributed by atoms with van der Waals surface area (Å²) in [5.74, 6) is -0.393. The molecule has 0 aliphatic rings. The van der Waals surface area contributed by atoms with Gasteiger partial charge in [-0.15, -0.1) is 0 Å². The molecule has 2 aromatic carbocycles. The minimum atomic E-state index is -0.393. The third-order valence-electron chi connectivity index (χ3n) is 2.93. The molecule has 0 atom stereocenters. The van der Waals surface area contributed by atoms with Crippen LogP contribution in [0.15, 0.2) is 36.4 Å². The fourth-order valence-electron chi connectivity index (χ4n) is 1.99. The first kappa shape index (κ1) is 14.9. The van der Waals surface area contributed by atoms with Crippen molar-refractivity contribution in [3.05, 3.63) is 57.8 Å². The number of nitrogens with one attached hydrogen (secondary N) is 1. The molecule has 0 fully saturated rings. The van der Waals surface area contributed by atoms with Crippen LogP contribution in [-0.2, 0) is 6.54 Å². The number of anilines is 2. The molecule has 0 bridgehead atoms. The maximum Gasteiger partial charge on any atom is 0.146 e. The van der Waals surface area contributed by atoms with Gasteiger partial charge in [0.15, 0.2) is 0 Å². The summed E-state index contributed by atoms with van der Waals surface area (Å²) in [7, 11) is 3.82. The van der Waals surface area contributed by atoms with Crippen LogP contribution in [0.2, 0.25) is 10.0 Å². The lowest BCUT2D eigenvalue weighted by Crippen LogP contribution is -2.13. The Morgan fingerprint density at radius 1 is 1.05 bits per heavy atom. The molecule has 0 aliphatic heterocycles. The van der Waals surface area contributed by atoms with Crippen LogP contribution < -0.4 is 10.2 Å². The number of nitrogens with zero attached hydrogens (tertiary/aromatic N) is 1. The predicted molar refractivity (Wildman–Crippen MR) is 84.5 cm³/mol. The van der Waals surface area contributed by atoms with Crippen LogP contribution >= 0.6 is 23.2 Å². The molecule has 0 saturated carbocycles. The lowest BCUT2D eigenvalue weighted by molar-refractivity contribution is 0.613. The van der Waals surface area contributed by atoms with Gasteiger partial charge in [0.2, 0.25) is 0 Å². The number of benzene rings is 2. The van der Waals surface area contributed by atoms with Crippen LogP contribution in [0.3, 0.4) is 0 Å². The molecule has 2 aromatic rings. The SMILES string of the molecule is CN(C)c1c(Cl)cccc1NCc1cccc(Cl)c1F. The van der Waals surface area contributed by atoms with Crippen LogP contribution in [0, 0.1) is 5.82 Å². The molecule has 0 unspecified atom stereocenters. The Bertz CT molecular complexity index is 615. The zero-order valence-corrected chi connectivity index (χ0v) is 12.8. The largest absolute Gasteiger partial charge is 0.379 e. The number of hydrogen-bond acceptors (Lipinski definition) is 2. The first-order chi connectivity index (χ1) is 9.50. The van der Waals surface area contributed by atoms with Gasteiger partial charge in [-0.3, -0.25) is 0 Å². The first-order valence-corrected chi connectivity index (χ1v) is 6.89. The first-order valence-electron chi connectivity index (χ1n) is 6.13. The van der Waals surface area contributed by atoms with E-state index >= 15 is 0 Å². The summed E-state index contributed by atoms with van der Waals surface area (Å²) in [6.45, 7) is 0.341. The Hall–Kier alpha value is -1.45. The minimum Gasteiger partial charge on any atom is -0.379 e. The monoisotopic (exact) mass is 312 g/mol. The summed E-state index contributed by atoms with van der Waals surface area (Å²) in [4.78, 5) is 1.92. The molecule has 106 valence electrons. The van der Waals surface area contributed by atoms with Gasteiger partial charge in [-0.05, 0) is 18.2 Å². The Morgan fingerprint density at radius 2 is 1.70 bits per heavy atom. The quantitative estimate of drug-likeness (QED) is 0.871. The van der Waals surface area contributed by atoms with E-state index in [4.69, 9.17) is 23.2 Å². The van der Waals surface area contributed by atoms with Gasteiger partial charge in [0.05, 0.1) is 21.4 Å². The third-order valence-corrected chi connectivity index (χ3v) is 3.53. The van der Waals surface area contributed by atoms with Crippen LogP contribution in [0.25, 0.3) is 0 Å². The minimum absolute atomic E-state index is 0.128. The van der Waals surface area contributed by atoms with E-state index < -0.39 is 5.82 Å². The van der Waals surface area contributed by atoms with Gasteiger partial charge in [0.25, 0.3) is 0 Å². The van der Waals surface area contributed by atoms with Crippen molar-refractivity contribution in [2.24, 2.45) is 0 Å². The summed E-state index contributed by atoms with van der Waals surface area (Å²) in [6.07, 6.45) is 0. The molecule has 2 rings (SSSR count). The third kappa shape index (κ3) is 3.17. The Kier molecular flexibility index (Phi) is 4.73. The molecular formula is C15H15Cl2FN2. The molecule has 2 nitrogen and oxygen atoms in total. The van der Waals surface area contributed by atoms with Gasteiger partial charge in [-0.1, -0.05) is 41.4 Å². The van der Waals surface area contributed by atoms with Crippen molar-refractivity contribution in [2.75, 3.05) is 24.3 Å². The van der Waals surface area contributed by atoms with Crippen molar-refractivity contribution in [3.63, 3.8) is 0 Å². The van der Waals surface area contributed by atoms with Crippen molar-refractivity contribution in [3.8, 4) is 0 Å². The van der Waals surface area contributed by atoms with E-state index in [0.717, 1.165) is 11.4 Å². The topological polar surface area (TPSA) is 15.3 Å². The molecule has 20 heavy (non-hydrogen) atoms. The maximum atomic E-state index is 13.8. The van der Waals surface area contributed by atoms with Crippen molar-refractivity contribution in [1.29, 1.82) is 0 Å². The van der Waals surface area contributed by atoms with Crippen LogP contribution in [0.1, 0.15) is 5.56 Å². The van der Waals surface area contributed by atoms with Gasteiger partial charge in [0.1, 0.15) is 5.82 Å². The molecule has 0 aromatic heterocycles. The molecule has 0 spiro atoms. The smallest absolute Gasteiger partial charge is 0.146 e. The summed E-state index contributed by atoms with van der Waals surface area (Å²) in [6, 6.07) is 10.5. The number of hydrogen-bond donors (Lipinski definition) is 1. The fraction of sp³-hybridized carbons (Fsp3) is 0.200. The zero-order valence-electron chi connectivity index (χ0n) is 11.3. The van der Waals surface area contributed by atoms with E-state index in [2.05, 4.69) is 5.32 Å². The second-order valence-electron chi connectivity index (χ2n) is 4.60. The van der Waals surface area contributed by atoms with Gasteiger partial charge < -0.3 is 10.2 Å². The van der Waals surface area contributed by atoms with Crippen molar-refractivity contribution in [1.82, 2.24) is 0 Å². The van der Waals surface area contributed by atoms with Crippen LogP contribution in [0.5, 0.6) is 0 Å². The Morgan fingerprint density at radius 3 is 2.40 bits per heavy atom. The maximum absolute atomic E-state index is 13.8. The lowest BCUT2D eigenvalue weighted by atomic mass is 10.2. The summed E-state index contributed by atoms with van der Waals surface area (Å²) in [5.41, 5.74) is 2.24. The Labute approximate surface area is 128 Å². The van der Waals surface area contributed by atoms with Crippen LogP contribution in [0.4, 0.5) is 15.8 Å². The molecule has 0 radical (unpaired) electrons. The van der Waals surface area contributed by atoms with E-state index in [-0.39, 0.29) is 5.02 Å². The Balaban J connectivity index is 2.23. The fourth-order valence-corrected chi connectivity index (χ4v) is 2.53. The summed E-state index contributed by atoms with van der Waals surface area (Å²) in [5, 5.41) is 3.97. The average Bonchev–Trinajstić information content (AvgIpc) is 2.40. The van der Waals surface area contributed by atoms with E-state index in [1.807, 2.05) is 37.2 Å². The molecule has 0 saturated heterocycles. The van der Waals surface area contributed by atoms with Gasteiger partial charge >= 0.3 is 0 Å². The lowest BCUT2D eigenvalue weighted by Gasteiger charge is -2.20. The van der Waals surface area contributed by atoms with Gasteiger partial charge in [0, 0.05) is 26.2 Å². The van der Waals surface area contributed by atoms with E-state index in [9.17, 15) is 4.39 Å². The number of rotatable bonds is 4. The molecule has 5 heteroatoms. The van der Waals surface area contributed by atoms with Gasteiger partial charge in [-0.2, -0.15) is 0 Å². The number of halogens is 3. The predicted octanol–water partition coefficient (Wildman–Crippen LogP) is 4.81. The van der Waals surface area contributed by atoms with Crippen LogP contribution in [-0.4, -0.2) is 14.1 Å². The van der Waals surface area contributed by atoms with E-state index in [1.54, 1.807) is 12.1 Å². The highest BCUT2D eigenvalue weighted by Crippen LogP contribution is 2.33. The number of para-hydroxylation sites is 1. The average molecular weight is 313 g/mol. The molecule has 1 N–H and O–H groups in total. The standard InChI is InChI=1S/C15H15Cl2FN2/c1-20(2)15-12(17)7-4-8-13(15)19-9-10-5-3-6-11(16)14(10)18/h3-8,19H,9H2,1-2H3. The highest BCUT2D eigenvalue weighted by Gasteiger charge is 2.10. The molecular weight excluding hydrogens is 298 g/mol. The molecule has 0 heterocycles. The van der Waals surface area contributed by atoms with Gasteiger partial charge in [-0.25, -0.2) is 4.39 Å². The van der Waals surface area contributed by atoms with Crippen molar-refractivity contribution >= 4 is 34.6 Å². The normalized spacial score (nSPS) is 10.4. The highest BCUT2D eigenvalue weighted by molar-refractivity contribution is 6.34. The molecule has 0 amide bonds. The highest BCUT2D eigenvalue weighted by atomic mass is 35.5. The molecule has 0 aliphatic carbocycles. The van der Waals surface area contributed by atoms with E-state index in [1.165, 1.54) is 6.07 Å². The summed E-state index contributed by atoms with van der Waals surface area (Å²) < 4.78 is 13.8. The van der Waals surface area contributed by atoms with Crippen molar-refractivity contribution in [2.45, 2.75) is 6.54 Å². The van der Waals surface area contributed by atoms with Crippen molar-refractivity contribution < 1.29 is 4.39 Å². The summed E-state index contributed by atoms with van der Waals surface area (Å²) >= 11 is 12.0. The second kappa shape index (κ2) is 6.33. The second-order valence-corrected chi connectivity index (χ2v) is 5.41.